The van der Waals surface area contributed by atoms with Gasteiger partial charge in [0.25, 0.3) is 17.4 Å². The number of aryl methyl sites for hydroxylation is 2. The fraction of sp³-hybridized carbons (Fsp3) is 0.222. The van der Waals surface area contributed by atoms with Crippen molar-refractivity contribution >= 4 is 17.6 Å². The summed E-state index contributed by atoms with van der Waals surface area (Å²) in [5.41, 5.74) is 8.21. The average molecular weight is 336 g/mol. The largest absolute Gasteiger partial charge is 0.384 e. The van der Waals surface area contributed by atoms with Gasteiger partial charge in [-0.15, -0.1) is 0 Å². The van der Waals surface area contributed by atoms with Gasteiger partial charge in [0, 0.05) is 6.07 Å². The van der Waals surface area contributed by atoms with Crippen molar-refractivity contribution in [2.45, 2.75) is 26.7 Å². The first-order valence-electron chi connectivity index (χ1n) is 7.90. The highest BCUT2D eigenvalue weighted by atomic mass is 16.2. The number of carbonyl (C=O) groups excluding carboxylic acids is 2. The standard InChI is InChI=1S/C18H16N4O3/c1-3-9-5-11(6-10(4-2)13(9)8-19)22-14(23)7-12-15(16(22)20)18(25)21-17(12)24/h5-7H,3-4,20H2,1-2H3,(H,21,24,25). The van der Waals surface area contributed by atoms with Gasteiger partial charge in [-0.3, -0.25) is 24.3 Å². The lowest BCUT2D eigenvalue weighted by molar-refractivity contribution is 0.0880. The molecule has 1 aliphatic rings. The van der Waals surface area contributed by atoms with Crippen LogP contribution in [0.4, 0.5) is 5.82 Å². The number of nitrogens with zero attached hydrogens (tertiary/aromatic N) is 2. The van der Waals surface area contributed by atoms with E-state index in [4.69, 9.17) is 5.73 Å². The molecule has 0 spiro atoms. The average Bonchev–Trinajstić information content (AvgIpc) is 2.87. The van der Waals surface area contributed by atoms with E-state index in [1.807, 2.05) is 13.8 Å². The van der Waals surface area contributed by atoms with E-state index in [1.165, 1.54) is 4.57 Å². The van der Waals surface area contributed by atoms with Crippen molar-refractivity contribution in [1.82, 2.24) is 9.88 Å². The van der Waals surface area contributed by atoms with Crippen LogP contribution in [0.25, 0.3) is 5.69 Å². The summed E-state index contributed by atoms with van der Waals surface area (Å²) in [5, 5.41) is 11.5. The molecule has 0 unspecified atom stereocenters. The Balaban J connectivity index is 2.34. The molecule has 2 aromatic rings. The summed E-state index contributed by atoms with van der Waals surface area (Å²) in [4.78, 5) is 36.2. The molecule has 0 aliphatic carbocycles. The van der Waals surface area contributed by atoms with Gasteiger partial charge in [-0.25, -0.2) is 0 Å². The fourth-order valence-electron chi connectivity index (χ4n) is 3.13. The van der Waals surface area contributed by atoms with Gasteiger partial charge in [-0.1, -0.05) is 13.8 Å². The number of hydrogen-bond donors (Lipinski definition) is 2. The lowest BCUT2D eigenvalue weighted by Crippen LogP contribution is -2.24. The molecule has 25 heavy (non-hydrogen) atoms. The predicted octanol–water partition coefficient (Wildman–Crippen LogP) is 1.30. The summed E-state index contributed by atoms with van der Waals surface area (Å²) in [6.45, 7) is 3.83. The maximum atomic E-state index is 12.5. The molecule has 1 aliphatic heterocycles. The summed E-state index contributed by atoms with van der Waals surface area (Å²) in [6, 6.07) is 6.75. The minimum absolute atomic E-state index is 0.00468. The molecule has 7 nitrogen and oxygen atoms in total. The van der Waals surface area contributed by atoms with Crippen LogP contribution in [0, 0.1) is 11.3 Å². The number of nitrogens with one attached hydrogen (secondary N) is 1. The molecule has 2 amide bonds. The Morgan fingerprint density at radius 2 is 1.68 bits per heavy atom. The van der Waals surface area contributed by atoms with Crippen molar-refractivity contribution in [1.29, 1.82) is 5.26 Å². The van der Waals surface area contributed by atoms with Crippen molar-refractivity contribution in [2.24, 2.45) is 0 Å². The van der Waals surface area contributed by atoms with Crippen LogP contribution in [-0.4, -0.2) is 16.4 Å². The SMILES string of the molecule is CCc1cc(-n2c(N)c3c(cc2=O)C(=O)NC3=O)cc(CC)c1C#N. The quantitative estimate of drug-likeness (QED) is 0.819. The van der Waals surface area contributed by atoms with Crippen LogP contribution in [0.15, 0.2) is 23.0 Å². The molecule has 0 radical (unpaired) electrons. The molecular formula is C18H16N4O3. The van der Waals surface area contributed by atoms with Crippen molar-refractivity contribution < 1.29 is 9.59 Å². The first-order valence-corrected chi connectivity index (χ1v) is 7.90. The number of fused-ring (bicyclic) bond motifs is 1. The smallest absolute Gasteiger partial charge is 0.262 e. The molecule has 3 rings (SSSR count). The minimum atomic E-state index is -0.626. The Hall–Kier alpha value is -3.40. The molecular weight excluding hydrogens is 320 g/mol. The predicted molar refractivity (Wildman–Crippen MR) is 91.7 cm³/mol. The topological polar surface area (TPSA) is 118 Å². The molecule has 1 aromatic carbocycles. The monoisotopic (exact) mass is 336 g/mol. The van der Waals surface area contributed by atoms with Crippen molar-refractivity contribution in [3.8, 4) is 11.8 Å². The van der Waals surface area contributed by atoms with Gasteiger partial charge in [0.1, 0.15) is 5.82 Å². The Morgan fingerprint density at radius 3 is 2.20 bits per heavy atom. The van der Waals surface area contributed by atoms with E-state index in [0.717, 1.165) is 17.2 Å². The maximum Gasteiger partial charge on any atom is 0.262 e. The molecule has 2 heterocycles. The fourth-order valence-corrected chi connectivity index (χ4v) is 3.13. The molecule has 0 bridgehead atoms. The zero-order valence-electron chi connectivity index (χ0n) is 13.8. The number of nitriles is 1. The Labute approximate surface area is 143 Å². The highest BCUT2D eigenvalue weighted by Gasteiger charge is 2.32. The first-order chi connectivity index (χ1) is 11.9. The maximum absolute atomic E-state index is 12.5. The number of anilines is 1. The molecule has 0 saturated carbocycles. The van der Waals surface area contributed by atoms with Gasteiger partial charge in [0.15, 0.2) is 0 Å². The zero-order valence-corrected chi connectivity index (χ0v) is 13.8. The summed E-state index contributed by atoms with van der Waals surface area (Å²) in [5.74, 6) is -1.33. The van der Waals surface area contributed by atoms with E-state index in [2.05, 4.69) is 11.4 Å². The number of nitrogens with two attached hydrogens (primary N) is 1. The normalized spacial score (nSPS) is 12.7. The summed E-state index contributed by atoms with van der Waals surface area (Å²) in [7, 11) is 0. The first kappa shape index (κ1) is 16.5. The molecule has 3 N–H and O–H groups in total. The van der Waals surface area contributed by atoms with Crippen LogP contribution >= 0.6 is 0 Å². The van der Waals surface area contributed by atoms with Crippen LogP contribution < -0.4 is 16.6 Å². The minimum Gasteiger partial charge on any atom is -0.384 e. The zero-order chi connectivity index (χ0) is 18.3. The van der Waals surface area contributed by atoms with Gasteiger partial charge in [0.05, 0.1) is 28.4 Å². The third kappa shape index (κ3) is 2.39. The van der Waals surface area contributed by atoms with Crippen molar-refractivity contribution in [3.63, 3.8) is 0 Å². The van der Waals surface area contributed by atoms with E-state index < -0.39 is 17.4 Å². The van der Waals surface area contributed by atoms with Crippen LogP contribution in [0.5, 0.6) is 0 Å². The Morgan fingerprint density at radius 1 is 1.08 bits per heavy atom. The lowest BCUT2D eigenvalue weighted by Gasteiger charge is -2.15. The van der Waals surface area contributed by atoms with E-state index in [1.54, 1.807) is 12.1 Å². The van der Waals surface area contributed by atoms with Crippen LogP contribution in [-0.2, 0) is 12.8 Å². The van der Waals surface area contributed by atoms with Gasteiger partial charge < -0.3 is 5.73 Å². The van der Waals surface area contributed by atoms with Crippen molar-refractivity contribution in [3.05, 3.63) is 56.4 Å². The Bertz CT molecular complexity index is 1000. The third-order valence-corrected chi connectivity index (χ3v) is 4.37. The van der Waals surface area contributed by atoms with E-state index in [0.29, 0.717) is 24.1 Å². The summed E-state index contributed by atoms with van der Waals surface area (Å²) in [6.07, 6.45) is 1.23. The van der Waals surface area contributed by atoms with Crippen LogP contribution in [0.3, 0.4) is 0 Å². The number of carbonyl (C=O) groups is 2. The number of imide groups is 1. The number of rotatable bonds is 3. The number of nitrogen functional groups attached to an aromatic ring is 1. The number of amides is 2. The van der Waals surface area contributed by atoms with Crippen LogP contribution in [0.2, 0.25) is 0 Å². The Kier molecular flexibility index (Phi) is 3.89. The van der Waals surface area contributed by atoms with E-state index in [-0.39, 0.29) is 16.9 Å². The van der Waals surface area contributed by atoms with E-state index >= 15 is 0 Å². The molecule has 126 valence electrons. The number of hydrogen-bond acceptors (Lipinski definition) is 5. The second-order valence-electron chi connectivity index (χ2n) is 5.73. The molecule has 7 heteroatoms. The van der Waals surface area contributed by atoms with Crippen molar-refractivity contribution in [2.75, 3.05) is 5.73 Å². The third-order valence-electron chi connectivity index (χ3n) is 4.37. The highest BCUT2D eigenvalue weighted by Crippen LogP contribution is 2.26. The van der Waals surface area contributed by atoms with Gasteiger partial charge in [-0.2, -0.15) is 5.26 Å². The number of benzene rings is 1. The molecule has 0 atom stereocenters. The molecule has 1 aromatic heterocycles. The van der Waals surface area contributed by atoms with E-state index in [9.17, 15) is 19.6 Å². The van der Waals surface area contributed by atoms with Crippen LogP contribution in [0.1, 0.15) is 51.3 Å². The number of aromatic nitrogens is 1. The van der Waals surface area contributed by atoms with Gasteiger partial charge in [0.2, 0.25) is 0 Å². The lowest BCUT2D eigenvalue weighted by atomic mass is 9.97. The second kappa shape index (κ2) is 5.91. The highest BCUT2D eigenvalue weighted by molar-refractivity contribution is 6.23. The second-order valence-corrected chi connectivity index (χ2v) is 5.73. The summed E-state index contributed by atoms with van der Waals surface area (Å²) >= 11 is 0. The molecule has 0 saturated heterocycles. The number of pyridine rings is 1. The van der Waals surface area contributed by atoms with Gasteiger partial charge >= 0.3 is 0 Å². The molecule has 0 fully saturated rings. The summed E-state index contributed by atoms with van der Waals surface area (Å²) < 4.78 is 1.20. The van der Waals surface area contributed by atoms with Gasteiger partial charge in [-0.05, 0) is 36.1 Å².